The van der Waals surface area contributed by atoms with E-state index in [2.05, 4.69) is 229 Å². The molecule has 9 aromatic rings. The van der Waals surface area contributed by atoms with Gasteiger partial charge in [0.25, 0.3) is 0 Å². The van der Waals surface area contributed by atoms with E-state index in [1.54, 1.807) is 0 Å². The van der Waals surface area contributed by atoms with E-state index in [4.69, 9.17) is 0 Å². The average Bonchev–Trinajstić information content (AvgIpc) is 3.77. The van der Waals surface area contributed by atoms with Crippen LogP contribution in [0.4, 0.5) is 28.4 Å². The number of benzene rings is 8. The predicted octanol–water partition coefficient (Wildman–Crippen LogP) is 15.3. The molecule has 2 aliphatic heterocycles. The van der Waals surface area contributed by atoms with Crippen LogP contribution in [-0.2, 0) is 16.2 Å². The Morgan fingerprint density at radius 2 is 1.14 bits per heavy atom. The topological polar surface area (TPSA) is 6.48 Å². The first kappa shape index (κ1) is 38.3. The monoisotopic (exact) mass is 830 g/mol. The molecule has 1 aromatic heterocycles. The fourth-order valence-electron chi connectivity index (χ4n) is 11.1. The van der Waals surface area contributed by atoms with Crippen molar-refractivity contribution in [1.29, 1.82) is 0 Å². The van der Waals surface area contributed by atoms with Crippen molar-refractivity contribution < 1.29 is 0 Å². The van der Waals surface area contributed by atoms with Gasteiger partial charge in [0.15, 0.2) is 0 Å². The molecule has 1 aliphatic carbocycles. The summed E-state index contributed by atoms with van der Waals surface area (Å²) in [5.41, 5.74) is 22.0. The highest BCUT2D eigenvalue weighted by atomic mass is 32.1. The van der Waals surface area contributed by atoms with E-state index in [9.17, 15) is 0 Å². The summed E-state index contributed by atoms with van der Waals surface area (Å²) in [5, 5.41) is 2.63. The van der Waals surface area contributed by atoms with Crippen LogP contribution in [0.5, 0.6) is 0 Å². The molecular formula is C59H51BN2S. The zero-order chi connectivity index (χ0) is 43.2. The Labute approximate surface area is 376 Å². The molecule has 0 amide bonds. The third kappa shape index (κ3) is 5.50. The minimum atomic E-state index is -0.167. The molecule has 0 unspecified atom stereocenters. The Balaban J connectivity index is 1.29. The number of hydrogen-bond donors (Lipinski definition) is 0. The summed E-state index contributed by atoms with van der Waals surface area (Å²) < 4.78 is 2.64. The lowest BCUT2D eigenvalue weighted by molar-refractivity contribution is 0.590. The Morgan fingerprint density at radius 3 is 1.90 bits per heavy atom. The lowest BCUT2D eigenvalue weighted by Gasteiger charge is -2.47. The molecule has 4 heteroatoms. The summed E-state index contributed by atoms with van der Waals surface area (Å²) >= 11 is 1.94. The minimum Gasteiger partial charge on any atom is -0.376 e. The van der Waals surface area contributed by atoms with Crippen molar-refractivity contribution in [3.8, 4) is 33.4 Å². The number of thiophene rings is 1. The molecule has 8 aromatic carbocycles. The zero-order valence-electron chi connectivity index (χ0n) is 37.5. The molecule has 3 heterocycles. The van der Waals surface area contributed by atoms with Crippen LogP contribution in [0.2, 0.25) is 0 Å². The van der Waals surface area contributed by atoms with Crippen LogP contribution >= 0.6 is 11.3 Å². The zero-order valence-corrected chi connectivity index (χ0v) is 38.3. The normalized spacial score (nSPS) is 14.7. The van der Waals surface area contributed by atoms with E-state index < -0.39 is 0 Å². The molecule has 0 bridgehead atoms. The van der Waals surface area contributed by atoms with E-state index in [0.29, 0.717) is 0 Å². The van der Waals surface area contributed by atoms with Crippen LogP contribution in [-0.4, -0.2) is 6.85 Å². The fourth-order valence-corrected chi connectivity index (χ4v) is 12.4. The lowest BCUT2D eigenvalue weighted by Crippen LogP contribution is -2.62. The fraction of sp³-hybridized carbons (Fsp3) is 0.186. The van der Waals surface area contributed by atoms with Crippen LogP contribution in [0.3, 0.4) is 0 Å². The number of anilines is 5. The third-order valence-electron chi connectivity index (χ3n) is 14.4. The third-order valence-corrected chi connectivity index (χ3v) is 15.6. The molecule has 63 heavy (non-hydrogen) atoms. The first-order valence-corrected chi connectivity index (χ1v) is 23.4. The Bertz CT molecular complexity index is 3340. The van der Waals surface area contributed by atoms with Crippen LogP contribution in [0.25, 0.3) is 53.6 Å². The number of nitrogens with zero attached hydrogens (tertiary/aromatic N) is 2. The molecule has 0 saturated carbocycles. The largest absolute Gasteiger partial charge is 0.376 e. The number of para-hydroxylation sites is 1. The molecule has 0 saturated heterocycles. The summed E-state index contributed by atoms with van der Waals surface area (Å²) in [6, 6.07) is 62.7. The Morgan fingerprint density at radius 1 is 0.492 bits per heavy atom. The second-order valence-electron chi connectivity index (χ2n) is 20.5. The lowest BCUT2D eigenvalue weighted by atomic mass is 9.42. The standard InChI is InChI=1S/C59H51BN2S/c1-57(2,3)37-26-29-39(30-27-37)62-49-32-28-38(58(4,5)6)34-43(49)44-35-45-41-21-14-17-25-51(41)63-56(45)55-53(44)60(62)54-50(33-31-47-52(54)42-22-12-15-23-46(42)59(47,7)8)61(55)48-24-16-13-20-40(48)36-18-10-9-11-19-36/h9-35H,1-8H3. The van der Waals surface area contributed by atoms with Gasteiger partial charge in [-0.25, -0.2) is 0 Å². The molecule has 3 aliphatic rings. The van der Waals surface area contributed by atoms with Crippen molar-refractivity contribution in [3.05, 3.63) is 186 Å². The van der Waals surface area contributed by atoms with E-state index in [0.717, 1.165) is 0 Å². The van der Waals surface area contributed by atoms with Crippen molar-refractivity contribution in [3.63, 3.8) is 0 Å². The van der Waals surface area contributed by atoms with Gasteiger partial charge >= 0.3 is 6.85 Å². The smallest absolute Gasteiger partial charge is 0.333 e. The number of rotatable bonds is 3. The molecular weight excluding hydrogens is 780 g/mol. The SMILES string of the molecule is CC(C)(C)c1ccc(N2B3c4c(ccc5c4-c4ccccc4C5(C)C)N(c4ccccc4-c4ccccc4)c4c3c(cc3c4sc4ccccc43)-c3cc(C(C)(C)C)ccc32)cc1. The summed E-state index contributed by atoms with van der Waals surface area (Å²) in [6.07, 6.45) is 0. The van der Waals surface area contributed by atoms with Crippen molar-refractivity contribution in [1.82, 2.24) is 0 Å². The molecule has 0 N–H and O–H groups in total. The van der Waals surface area contributed by atoms with E-state index in [1.165, 1.54) is 115 Å². The highest BCUT2D eigenvalue weighted by Gasteiger charge is 2.50. The summed E-state index contributed by atoms with van der Waals surface area (Å²) in [4.78, 5) is 5.39. The Hall–Kier alpha value is -6.36. The van der Waals surface area contributed by atoms with Gasteiger partial charge in [-0.15, -0.1) is 11.3 Å². The van der Waals surface area contributed by atoms with Gasteiger partial charge in [-0.1, -0.05) is 171 Å². The highest BCUT2D eigenvalue weighted by Crippen LogP contribution is 2.56. The van der Waals surface area contributed by atoms with Gasteiger partial charge in [-0.3, -0.25) is 0 Å². The van der Waals surface area contributed by atoms with Crippen molar-refractivity contribution >= 4 is 77.7 Å². The van der Waals surface area contributed by atoms with Crippen LogP contribution in [0.1, 0.15) is 77.6 Å². The predicted molar refractivity (Wildman–Crippen MR) is 273 cm³/mol. The van der Waals surface area contributed by atoms with Crippen LogP contribution in [0.15, 0.2) is 164 Å². The summed E-state index contributed by atoms with van der Waals surface area (Å²) in [7, 11) is 0. The van der Waals surface area contributed by atoms with E-state index in [-0.39, 0.29) is 23.1 Å². The molecule has 306 valence electrons. The van der Waals surface area contributed by atoms with Gasteiger partial charge in [0.05, 0.1) is 16.1 Å². The highest BCUT2D eigenvalue weighted by molar-refractivity contribution is 7.26. The molecule has 2 nitrogen and oxygen atoms in total. The molecule has 12 rings (SSSR count). The second kappa shape index (κ2) is 13.3. The van der Waals surface area contributed by atoms with Gasteiger partial charge in [-0.2, -0.15) is 0 Å². The number of hydrogen-bond acceptors (Lipinski definition) is 3. The Kier molecular flexibility index (Phi) is 8.11. The van der Waals surface area contributed by atoms with Gasteiger partial charge in [0.2, 0.25) is 0 Å². The van der Waals surface area contributed by atoms with E-state index >= 15 is 0 Å². The van der Waals surface area contributed by atoms with Gasteiger partial charge in [0, 0.05) is 49.1 Å². The maximum absolute atomic E-state index is 2.71. The average molecular weight is 831 g/mol. The number of fused-ring (bicyclic) bond motifs is 12. The maximum Gasteiger partial charge on any atom is 0.333 e. The van der Waals surface area contributed by atoms with Gasteiger partial charge in [0.1, 0.15) is 0 Å². The summed E-state index contributed by atoms with van der Waals surface area (Å²) in [5.74, 6) is 0. The van der Waals surface area contributed by atoms with Crippen LogP contribution < -0.4 is 20.6 Å². The van der Waals surface area contributed by atoms with Crippen LogP contribution in [0, 0.1) is 0 Å². The van der Waals surface area contributed by atoms with E-state index in [1.807, 2.05) is 11.3 Å². The maximum atomic E-state index is 2.71. The van der Waals surface area contributed by atoms with Crippen molar-refractivity contribution in [2.75, 3.05) is 9.71 Å². The molecule has 0 spiro atoms. The first-order valence-electron chi connectivity index (χ1n) is 22.6. The molecule has 0 radical (unpaired) electrons. The van der Waals surface area contributed by atoms with Crippen molar-refractivity contribution in [2.45, 2.75) is 71.6 Å². The summed E-state index contributed by atoms with van der Waals surface area (Å²) in [6.45, 7) is 18.7. The van der Waals surface area contributed by atoms with Gasteiger partial charge < -0.3 is 9.71 Å². The second-order valence-corrected chi connectivity index (χ2v) is 21.6. The van der Waals surface area contributed by atoms with Gasteiger partial charge in [-0.05, 0) is 115 Å². The molecule has 0 atom stereocenters. The minimum absolute atomic E-state index is 0.0340. The first-order chi connectivity index (χ1) is 30.3. The molecule has 0 fully saturated rings. The van der Waals surface area contributed by atoms with Crippen molar-refractivity contribution in [2.24, 2.45) is 0 Å². The quantitative estimate of drug-likeness (QED) is 0.164.